The van der Waals surface area contributed by atoms with Crippen LogP contribution in [0.3, 0.4) is 0 Å². The number of aliphatic imine (C=N–C) groups is 1. The summed E-state index contributed by atoms with van der Waals surface area (Å²) in [5.41, 5.74) is -0.112. The summed E-state index contributed by atoms with van der Waals surface area (Å²) in [5, 5.41) is 10.6. The van der Waals surface area contributed by atoms with Gasteiger partial charge in [-0.2, -0.15) is 4.98 Å². The van der Waals surface area contributed by atoms with Crippen LogP contribution in [0.25, 0.3) is 0 Å². The molecule has 1 atom stereocenters. The molecule has 0 amide bonds. The fourth-order valence-corrected chi connectivity index (χ4v) is 2.60. The van der Waals surface area contributed by atoms with Crippen LogP contribution in [0.2, 0.25) is 0 Å². The van der Waals surface area contributed by atoms with Gasteiger partial charge in [-0.1, -0.05) is 19.0 Å². The molecule has 1 saturated heterocycles. The van der Waals surface area contributed by atoms with E-state index in [0.717, 1.165) is 57.2 Å². The molecule has 1 aromatic heterocycles. The summed E-state index contributed by atoms with van der Waals surface area (Å²) in [6.07, 6.45) is 3.88. The number of halogens is 1. The molecule has 0 aliphatic carbocycles. The van der Waals surface area contributed by atoms with E-state index in [4.69, 9.17) is 9.26 Å². The molecule has 2 N–H and O–H groups in total. The number of aromatic nitrogens is 2. The largest absolute Gasteiger partial charge is 0.373 e. The Morgan fingerprint density at radius 2 is 2.16 bits per heavy atom. The van der Waals surface area contributed by atoms with Gasteiger partial charge in [0.25, 0.3) is 0 Å². The van der Waals surface area contributed by atoms with Crippen molar-refractivity contribution in [2.45, 2.75) is 64.9 Å². The number of nitrogens with one attached hydrogen (secondary N) is 2. The number of hydrogen-bond donors (Lipinski definition) is 2. The van der Waals surface area contributed by atoms with Gasteiger partial charge in [-0.25, -0.2) is 0 Å². The first-order chi connectivity index (χ1) is 11.5. The highest BCUT2D eigenvalue weighted by Crippen LogP contribution is 2.24. The summed E-state index contributed by atoms with van der Waals surface area (Å²) in [7, 11) is 0. The lowest BCUT2D eigenvalue weighted by Crippen LogP contribution is -2.39. The summed E-state index contributed by atoms with van der Waals surface area (Å²) in [5.74, 6) is 2.61. The summed E-state index contributed by atoms with van der Waals surface area (Å²) >= 11 is 0. The van der Waals surface area contributed by atoms with Crippen LogP contribution in [0.15, 0.2) is 9.52 Å². The smallest absolute Gasteiger partial charge is 0.226 e. The minimum atomic E-state index is -0.112. The lowest BCUT2D eigenvalue weighted by molar-refractivity contribution is 0.0283. The highest BCUT2D eigenvalue weighted by atomic mass is 127. The standard InChI is InChI=1S/C17H31N5O2.HI/c1-5-18-16(20-12-17(4)9-7-11-23-17)19-10-6-8-14-21-15(13(2)3)22-24-14;/h13H,5-12H2,1-4H3,(H2,18,19,20);1H. The van der Waals surface area contributed by atoms with Crippen LogP contribution in [0.4, 0.5) is 0 Å². The quantitative estimate of drug-likeness (QED) is 0.266. The number of rotatable bonds is 8. The molecule has 8 heteroatoms. The van der Waals surface area contributed by atoms with Crippen molar-refractivity contribution in [2.75, 3.05) is 26.2 Å². The van der Waals surface area contributed by atoms with Gasteiger partial charge in [-0.3, -0.25) is 4.99 Å². The van der Waals surface area contributed by atoms with Gasteiger partial charge in [0.05, 0.1) is 12.1 Å². The van der Waals surface area contributed by atoms with Gasteiger partial charge in [0.1, 0.15) is 0 Å². The maximum atomic E-state index is 5.78. The number of ether oxygens (including phenoxy) is 1. The Balaban J connectivity index is 0.00000312. The lowest BCUT2D eigenvalue weighted by Gasteiger charge is -2.21. The van der Waals surface area contributed by atoms with Crippen molar-refractivity contribution >= 4 is 29.9 Å². The van der Waals surface area contributed by atoms with Gasteiger partial charge >= 0.3 is 0 Å². The zero-order valence-electron chi connectivity index (χ0n) is 15.8. The second-order valence-corrected chi connectivity index (χ2v) is 6.83. The molecule has 1 aromatic rings. The van der Waals surface area contributed by atoms with Gasteiger partial charge in [-0.15, -0.1) is 24.0 Å². The van der Waals surface area contributed by atoms with Crippen LogP contribution in [-0.2, 0) is 11.2 Å². The first kappa shape index (κ1) is 22.1. The van der Waals surface area contributed by atoms with Crippen molar-refractivity contribution in [1.82, 2.24) is 20.8 Å². The summed E-state index contributed by atoms with van der Waals surface area (Å²) in [4.78, 5) is 9.05. The van der Waals surface area contributed by atoms with E-state index < -0.39 is 0 Å². The van der Waals surface area contributed by atoms with Crippen molar-refractivity contribution in [3.8, 4) is 0 Å². The van der Waals surface area contributed by atoms with Crippen LogP contribution in [-0.4, -0.2) is 47.9 Å². The molecule has 2 rings (SSSR count). The topological polar surface area (TPSA) is 84.6 Å². The predicted octanol–water partition coefficient (Wildman–Crippen LogP) is 2.87. The predicted molar refractivity (Wildman–Crippen MR) is 110 cm³/mol. The Morgan fingerprint density at radius 1 is 1.36 bits per heavy atom. The summed E-state index contributed by atoms with van der Waals surface area (Å²) < 4.78 is 11.0. The second-order valence-electron chi connectivity index (χ2n) is 6.83. The molecule has 1 fully saturated rings. The molecule has 0 saturated carbocycles. The first-order valence-electron chi connectivity index (χ1n) is 9.01. The average molecular weight is 465 g/mol. The van der Waals surface area contributed by atoms with Gasteiger partial charge in [-0.05, 0) is 33.1 Å². The van der Waals surface area contributed by atoms with E-state index in [9.17, 15) is 0 Å². The molecule has 1 aliphatic heterocycles. The van der Waals surface area contributed by atoms with Crippen molar-refractivity contribution in [1.29, 1.82) is 0 Å². The first-order valence-corrected chi connectivity index (χ1v) is 9.01. The Bertz CT molecular complexity index is 527. The third kappa shape index (κ3) is 7.47. The van der Waals surface area contributed by atoms with Crippen LogP contribution < -0.4 is 10.6 Å². The molecule has 0 bridgehead atoms. The fraction of sp³-hybridized carbons (Fsp3) is 0.824. The zero-order valence-corrected chi connectivity index (χ0v) is 18.1. The maximum absolute atomic E-state index is 5.78. The van der Waals surface area contributed by atoms with E-state index in [-0.39, 0.29) is 29.6 Å². The van der Waals surface area contributed by atoms with Crippen molar-refractivity contribution in [3.63, 3.8) is 0 Å². The SMILES string of the molecule is CCNC(=NCC1(C)CCCO1)NCCCc1nc(C(C)C)no1.I. The summed E-state index contributed by atoms with van der Waals surface area (Å²) in [6, 6.07) is 0. The minimum absolute atomic E-state index is 0. The molecule has 1 unspecified atom stereocenters. The number of guanidine groups is 1. The van der Waals surface area contributed by atoms with Gasteiger partial charge in [0, 0.05) is 32.0 Å². The molecule has 0 aromatic carbocycles. The van der Waals surface area contributed by atoms with Crippen LogP contribution in [0.1, 0.15) is 64.6 Å². The fourth-order valence-electron chi connectivity index (χ4n) is 2.60. The third-order valence-corrected chi connectivity index (χ3v) is 4.08. The van der Waals surface area contributed by atoms with Crippen molar-refractivity contribution < 1.29 is 9.26 Å². The van der Waals surface area contributed by atoms with Gasteiger partial charge < -0.3 is 19.9 Å². The Labute approximate surface area is 167 Å². The highest BCUT2D eigenvalue weighted by Gasteiger charge is 2.29. The Kier molecular flexibility index (Phi) is 9.70. The number of aryl methyl sites for hydroxylation is 1. The highest BCUT2D eigenvalue weighted by molar-refractivity contribution is 14.0. The van der Waals surface area contributed by atoms with E-state index in [0.29, 0.717) is 18.4 Å². The van der Waals surface area contributed by atoms with E-state index in [1.54, 1.807) is 0 Å². The molecular weight excluding hydrogens is 433 g/mol. The van der Waals surface area contributed by atoms with E-state index in [2.05, 4.69) is 53.5 Å². The van der Waals surface area contributed by atoms with E-state index in [1.165, 1.54) is 0 Å². The van der Waals surface area contributed by atoms with Gasteiger partial charge in [0.15, 0.2) is 11.8 Å². The monoisotopic (exact) mass is 465 g/mol. The molecule has 7 nitrogen and oxygen atoms in total. The lowest BCUT2D eigenvalue weighted by atomic mass is 10.0. The van der Waals surface area contributed by atoms with E-state index >= 15 is 0 Å². The molecule has 0 spiro atoms. The molecule has 25 heavy (non-hydrogen) atoms. The van der Waals surface area contributed by atoms with Gasteiger partial charge in [0.2, 0.25) is 5.89 Å². The molecule has 144 valence electrons. The van der Waals surface area contributed by atoms with Crippen LogP contribution in [0.5, 0.6) is 0 Å². The average Bonchev–Trinajstić information content (AvgIpc) is 3.19. The van der Waals surface area contributed by atoms with Crippen molar-refractivity contribution in [3.05, 3.63) is 11.7 Å². The molecule has 1 aliphatic rings. The summed E-state index contributed by atoms with van der Waals surface area (Å²) in [6.45, 7) is 11.5. The zero-order chi connectivity index (χ0) is 17.4. The number of nitrogens with zero attached hydrogens (tertiary/aromatic N) is 3. The van der Waals surface area contributed by atoms with Crippen molar-refractivity contribution in [2.24, 2.45) is 4.99 Å². The Morgan fingerprint density at radius 3 is 2.76 bits per heavy atom. The van der Waals surface area contributed by atoms with Crippen LogP contribution in [0, 0.1) is 0 Å². The van der Waals surface area contributed by atoms with Crippen LogP contribution >= 0.6 is 24.0 Å². The normalized spacial score (nSPS) is 20.6. The minimum Gasteiger partial charge on any atom is -0.373 e. The second kappa shape index (κ2) is 10.9. The molecular formula is C17H32IN5O2. The maximum Gasteiger partial charge on any atom is 0.226 e. The number of hydrogen-bond acceptors (Lipinski definition) is 5. The Hall–Kier alpha value is -0.900. The van der Waals surface area contributed by atoms with E-state index in [1.807, 2.05) is 0 Å². The third-order valence-electron chi connectivity index (χ3n) is 4.08. The molecule has 2 heterocycles. The molecule has 0 radical (unpaired) electrons.